The number of thioether (sulfide) groups is 1. The Hall–Kier alpha value is -1.87. The van der Waals surface area contributed by atoms with Crippen molar-refractivity contribution in [1.29, 1.82) is 0 Å². The van der Waals surface area contributed by atoms with E-state index in [-0.39, 0.29) is 4.91 Å². The van der Waals surface area contributed by atoms with Crippen LogP contribution in [0.4, 0.5) is 9.93 Å². The summed E-state index contributed by atoms with van der Waals surface area (Å²) in [6, 6.07) is 5.38. The number of nitrogens with one attached hydrogen (secondary N) is 2. The van der Waals surface area contributed by atoms with E-state index in [9.17, 15) is 14.4 Å². The Morgan fingerprint density at radius 1 is 1.32 bits per heavy atom. The van der Waals surface area contributed by atoms with Crippen LogP contribution in [0.5, 0.6) is 0 Å². The number of carbonyl (C=O) groups excluding carboxylic acids is 3. The number of halogens is 2. The standard InChI is InChI=1S/C15H9Cl2N3O3S2/c16-9-3-1-2-7(12(9)17)4-8-6-18-14(24-8)19-11(21)5-10-13(22)20-15(23)25-10/h1-3,5-6H,4H2,(H,18,19,21)(H,20,22,23)/b10-5-. The summed E-state index contributed by atoms with van der Waals surface area (Å²) in [6.07, 6.45) is 3.23. The van der Waals surface area contributed by atoms with Crippen molar-refractivity contribution < 1.29 is 14.4 Å². The second-order valence-electron chi connectivity index (χ2n) is 4.86. The maximum atomic E-state index is 11.9. The number of amides is 3. The second-order valence-corrected chi connectivity index (χ2v) is 7.78. The zero-order chi connectivity index (χ0) is 18.0. The molecular weight excluding hydrogens is 405 g/mol. The van der Waals surface area contributed by atoms with Crippen LogP contribution < -0.4 is 10.6 Å². The van der Waals surface area contributed by atoms with Gasteiger partial charge in [-0.05, 0) is 23.4 Å². The van der Waals surface area contributed by atoms with Gasteiger partial charge < -0.3 is 0 Å². The Morgan fingerprint density at radius 2 is 2.12 bits per heavy atom. The molecule has 0 saturated carbocycles. The van der Waals surface area contributed by atoms with Crippen molar-refractivity contribution in [3.63, 3.8) is 0 Å². The summed E-state index contributed by atoms with van der Waals surface area (Å²) in [5, 5.41) is 5.49. The lowest BCUT2D eigenvalue weighted by Gasteiger charge is -2.03. The Labute approximate surface area is 160 Å². The highest BCUT2D eigenvalue weighted by Crippen LogP contribution is 2.29. The molecule has 2 aromatic rings. The van der Waals surface area contributed by atoms with Crippen molar-refractivity contribution in [3.8, 4) is 0 Å². The van der Waals surface area contributed by atoms with E-state index >= 15 is 0 Å². The SMILES string of the molecule is O=C(/C=C1\SC(=O)NC1=O)Nc1ncc(Cc2cccc(Cl)c2Cl)s1. The molecule has 0 bridgehead atoms. The lowest BCUT2D eigenvalue weighted by molar-refractivity contribution is -0.116. The summed E-state index contributed by atoms with van der Waals surface area (Å²) in [5.41, 5.74) is 0.857. The highest BCUT2D eigenvalue weighted by molar-refractivity contribution is 8.18. The minimum absolute atomic E-state index is 0.0463. The van der Waals surface area contributed by atoms with Crippen LogP contribution in [0, 0.1) is 0 Å². The number of rotatable bonds is 4. The van der Waals surface area contributed by atoms with Crippen LogP contribution in [0.25, 0.3) is 0 Å². The quantitative estimate of drug-likeness (QED) is 0.743. The maximum Gasteiger partial charge on any atom is 0.290 e. The van der Waals surface area contributed by atoms with Gasteiger partial charge >= 0.3 is 0 Å². The van der Waals surface area contributed by atoms with Crippen LogP contribution in [0.1, 0.15) is 10.4 Å². The molecule has 1 saturated heterocycles. The molecule has 0 radical (unpaired) electrons. The summed E-state index contributed by atoms with van der Waals surface area (Å²) in [6.45, 7) is 0. The van der Waals surface area contributed by atoms with Gasteiger partial charge in [0.25, 0.3) is 17.1 Å². The van der Waals surface area contributed by atoms with Crippen LogP contribution >= 0.6 is 46.3 Å². The first-order chi connectivity index (χ1) is 11.9. The van der Waals surface area contributed by atoms with Crippen molar-refractivity contribution in [1.82, 2.24) is 10.3 Å². The average molecular weight is 414 g/mol. The van der Waals surface area contributed by atoms with Gasteiger partial charge in [-0.3, -0.25) is 25.0 Å². The minimum Gasteiger partial charge on any atom is -0.298 e. The van der Waals surface area contributed by atoms with E-state index in [1.807, 2.05) is 12.1 Å². The summed E-state index contributed by atoms with van der Waals surface area (Å²) in [5.74, 6) is -1.12. The molecule has 2 N–H and O–H groups in total. The third-order valence-corrected chi connectivity index (χ3v) is 5.67. The first-order valence-corrected chi connectivity index (χ1v) is 9.24. The zero-order valence-electron chi connectivity index (χ0n) is 12.3. The number of imide groups is 1. The highest BCUT2D eigenvalue weighted by atomic mass is 35.5. The molecule has 128 valence electrons. The van der Waals surface area contributed by atoms with Crippen LogP contribution in [0.15, 0.2) is 35.4 Å². The molecule has 3 amide bonds. The van der Waals surface area contributed by atoms with E-state index in [2.05, 4.69) is 15.6 Å². The van der Waals surface area contributed by atoms with Crippen LogP contribution in [0.3, 0.4) is 0 Å². The van der Waals surface area contributed by atoms with Crippen molar-refractivity contribution in [3.05, 3.63) is 55.9 Å². The third kappa shape index (κ3) is 4.40. The van der Waals surface area contributed by atoms with Crippen molar-refractivity contribution in [2.45, 2.75) is 6.42 Å². The van der Waals surface area contributed by atoms with Gasteiger partial charge in [0.05, 0.1) is 15.0 Å². The molecule has 1 aromatic carbocycles. The molecule has 1 aromatic heterocycles. The van der Waals surface area contributed by atoms with Gasteiger partial charge in [0.15, 0.2) is 5.13 Å². The summed E-state index contributed by atoms with van der Waals surface area (Å²) >= 11 is 14.1. The molecule has 25 heavy (non-hydrogen) atoms. The predicted molar refractivity (Wildman–Crippen MR) is 99.2 cm³/mol. The molecule has 2 heterocycles. The molecule has 0 aliphatic carbocycles. The van der Waals surface area contributed by atoms with Gasteiger partial charge in [0.1, 0.15) is 0 Å². The summed E-state index contributed by atoms with van der Waals surface area (Å²) in [7, 11) is 0. The highest BCUT2D eigenvalue weighted by Gasteiger charge is 2.26. The summed E-state index contributed by atoms with van der Waals surface area (Å²) < 4.78 is 0. The van der Waals surface area contributed by atoms with Crippen molar-refractivity contribution in [2.24, 2.45) is 0 Å². The Kier molecular flexibility index (Phi) is 5.43. The molecular formula is C15H9Cl2N3O3S2. The largest absolute Gasteiger partial charge is 0.298 e. The number of thiazole rings is 1. The Bertz CT molecular complexity index is 911. The molecule has 1 aliphatic heterocycles. The normalized spacial score (nSPS) is 15.5. The van der Waals surface area contributed by atoms with E-state index in [0.29, 0.717) is 33.4 Å². The molecule has 0 spiro atoms. The number of nitrogens with zero attached hydrogens (tertiary/aromatic N) is 1. The number of benzene rings is 1. The van der Waals surface area contributed by atoms with Gasteiger partial charge in [0.2, 0.25) is 0 Å². The fraction of sp³-hybridized carbons (Fsp3) is 0.0667. The van der Waals surface area contributed by atoms with Gasteiger partial charge in [-0.15, -0.1) is 11.3 Å². The number of anilines is 1. The molecule has 3 rings (SSSR count). The molecule has 10 heteroatoms. The molecule has 1 fully saturated rings. The summed E-state index contributed by atoms with van der Waals surface area (Å²) in [4.78, 5) is 39.4. The lowest BCUT2D eigenvalue weighted by Crippen LogP contribution is -2.18. The number of carbonyl (C=O) groups is 3. The van der Waals surface area contributed by atoms with Gasteiger partial charge in [-0.25, -0.2) is 4.98 Å². The average Bonchev–Trinajstić information content (AvgIpc) is 3.10. The van der Waals surface area contributed by atoms with Crippen LogP contribution in [-0.4, -0.2) is 22.0 Å². The van der Waals surface area contributed by atoms with Gasteiger partial charge in [-0.1, -0.05) is 35.3 Å². The lowest BCUT2D eigenvalue weighted by atomic mass is 10.1. The van der Waals surface area contributed by atoms with E-state index < -0.39 is 17.1 Å². The molecule has 0 atom stereocenters. The van der Waals surface area contributed by atoms with Gasteiger partial charge in [0, 0.05) is 23.6 Å². The first kappa shape index (κ1) is 17.9. The second kappa shape index (κ2) is 7.57. The topological polar surface area (TPSA) is 88.2 Å². The van der Waals surface area contributed by atoms with Crippen molar-refractivity contribution in [2.75, 3.05) is 5.32 Å². The van der Waals surface area contributed by atoms with E-state index in [1.165, 1.54) is 11.3 Å². The minimum atomic E-state index is -0.583. The van der Waals surface area contributed by atoms with E-state index in [4.69, 9.17) is 23.2 Å². The molecule has 0 unspecified atom stereocenters. The van der Waals surface area contributed by atoms with Crippen molar-refractivity contribution >= 4 is 68.5 Å². The smallest absolute Gasteiger partial charge is 0.290 e. The predicted octanol–water partition coefficient (Wildman–Crippen LogP) is 3.85. The number of hydrogen-bond acceptors (Lipinski definition) is 6. The monoisotopic (exact) mass is 413 g/mol. The third-order valence-electron chi connectivity index (χ3n) is 3.08. The zero-order valence-corrected chi connectivity index (χ0v) is 15.5. The van der Waals surface area contributed by atoms with Crippen LogP contribution in [-0.2, 0) is 16.0 Å². The maximum absolute atomic E-state index is 11.9. The molecule has 6 nitrogen and oxygen atoms in total. The fourth-order valence-corrected chi connectivity index (χ4v) is 3.88. The number of aromatic nitrogens is 1. The first-order valence-electron chi connectivity index (χ1n) is 6.86. The van der Waals surface area contributed by atoms with E-state index in [0.717, 1.165) is 16.5 Å². The Morgan fingerprint density at radius 3 is 2.84 bits per heavy atom. The Balaban J connectivity index is 1.67. The molecule has 1 aliphatic rings. The van der Waals surface area contributed by atoms with Gasteiger partial charge in [-0.2, -0.15) is 0 Å². The fourth-order valence-electron chi connectivity index (χ4n) is 2.00. The van der Waals surface area contributed by atoms with E-state index in [1.54, 1.807) is 12.3 Å². The van der Waals surface area contributed by atoms with Crippen LogP contribution in [0.2, 0.25) is 10.0 Å². The number of hydrogen-bond donors (Lipinski definition) is 2.